The molecule has 1 heterocycles. The predicted molar refractivity (Wildman–Crippen MR) is 165 cm³/mol. The fourth-order valence-corrected chi connectivity index (χ4v) is 6.10. The van der Waals surface area contributed by atoms with Crippen molar-refractivity contribution in [2.45, 2.75) is 111 Å². The van der Waals surface area contributed by atoms with Gasteiger partial charge >= 0.3 is 5.97 Å². The number of benzene rings is 1. The number of rotatable bonds is 12. The Hall–Kier alpha value is -1.72. The lowest BCUT2D eigenvalue weighted by Crippen LogP contribution is -2.41. The average Bonchev–Trinajstić information content (AvgIpc) is 3.26. The molecule has 0 unspecified atom stereocenters. The third-order valence-corrected chi connectivity index (χ3v) is 18.1. The first kappa shape index (κ1) is 32.5. The minimum Gasteiger partial charge on any atom is -0.488 e. The summed E-state index contributed by atoms with van der Waals surface area (Å²) in [4.78, 5) is 13.1. The quantitative estimate of drug-likeness (QED) is 0.201. The van der Waals surface area contributed by atoms with Crippen molar-refractivity contribution in [1.29, 1.82) is 0 Å². The van der Waals surface area contributed by atoms with Gasteiger partial charge < -0.3 is 18.7 Å². The summed E-state index contributed by atoms with van der Waals surface area (Å²) in [6.45, 7) is 26.1. The highest BCUT2D eigenvalue weighted by Gasteiger charge is 2.38. The largest absolute Gasteiger partial charge is 0.488 e. The molecule has 2 aromatic rings. The Balaban J connectivity index is 2.25. The van der Waals surface area contributed by atoms with Crippen LogP contribution in [0.25, 0.3) is 5.57 Å². The number of allylic oxidation sites excluding steroid dienone is 1. The van der Waals surface area contributed by atoms with Gasteiger partial charge in [-0.25, -0.2) is 4.79 Å². The van der Waals surface area contributed by atoms with Crippen LogP contribution in [0.1, 0.15) is 75.8 Å². The minimum atomic E-state index is -1.93. The maximum Gasteiger partial charge on any atom is 0.328 e. The van der Waals surface area contributed by atoms with Crippen LogP contribution in [0, 0.1) is 0 Å². The summed E-state index contributed by atoms with van der Waals surface area (Å²) >= 11 is 1.57. The number of carbonyl (C=O) groups is 1. The van der Waals surface area contributed by atoms with Crippen LogP contribution < -0.4 is 4.74 Å². The lowest BCUT2D eigenvalue weighted by molar-refractivity contribution is -0.131. The lowest BCUT2D eigenvalue weighted by Gasteiger charge is -2.37. The third-order valence-electron chi connectivity index (χ3n) is 8.00. The van der Waals surface area contributed by atoms with Crippen LogP contribution in [0.5, 0.6) is 5.75 Å². The number of aliphatic carboxylic acids is 1. The monoisotopic (exact) mass is 576 g/mol. The van der Waals surface area contributed by atoms with Crippen LogP contribution in [-0.2, 0) is 33.5 Å². The van der Waals surface area contributed by atoms with Gasteiger partial charge in [0.1, 0.15) is 12.4 Å². The molecule has 0 spiro atoms. The zero-order valence-corrected chi connectivity index (χ0v) is 28.1. The Labute approximate surface area is 236 Å². The summed E-state index contributed by atoms with van der Waals surface area (Å²) in [5, 5.41) is 9.40. The highest BCUT2D eigenvalue weighted by Crippen LogP contribution is 2.39. The van der Waals surface area contributed by atoms with Gasteiger partial charge in [0.05, 0.1) is 13.2 Å². The van der Waals surface area contributed by atoms with E-state index in [4.69, 9.17) is 18.7 Å². The Morgan fingerprint density at radius 3 is 1.92 bits per heavy atom. The molecule has 0 radical (unpaired) electrons. The molecule has 0 atom stereocenters. The maximum atomic E-state index is 11.1. The second kappa shape index (κ2) is 12.6. The molecule has 1 aromatic heterocycles. The Kier molecular flexibility index (Phi) is 10.8. The molecule has 0 amide bonds. The molecule has 0 aliphatic heterocycles. The molecule has 5 nitrogen and oxygen atoms in total. The first-order valence-corrected chi connectivity index (χ1v) is 20.0. The molecule has 1 N–H and O–H groups in total. The Bertz CT molecular complexity index is 1120. The number of hydrogen-bond donors (Lipinski definition) is 1. The highest BCUT2D eigenvalue weighted by molar-refractivity contribution is 7.13. The molecule has 0 fully saturated rings. The van der Waals surface area contributed by atoms with E-state index in [-0.39, 0.29) is 10.1 Å². The van der Waals surface area contributed by atoms with Crippen molar-refractivity contribution in [3.05, 3.63) is 57.3 Å². The first-order valence-electron chi connectivity index (χ1n) is 13.4. The van der Waals surface area contributed by atoms with E-state index in [0.717, 1.165) is 32.2 Å². The summed E-state index contributed by atoms with van der Waals surface area (Å²) in [5.74, 6) is -0.125. The summed E-state index contributed by atoms with van der Waals surface area (Å²) in [6, 6.07) is 10.2. The van der Waals surface area contributed by atoms with Gasteiger partial charge in [0.15, 0.2) is 16.6 Å². The third kappa shape index (κ3) is 8.91. The van der Waals surface area contributed by atoms with Crippen molar-refractivity contribution in [2.24, 2.45) is 0 Å². The number of carboxylic acid groups (broad SMARTS) is 1. The van der Waals surface area contributed by atoms with E-state index >= 15 is 0 Å². The molecule has 1 aromatic carbocycles. The van der Waals surface area contributed by atoms with Crippen LogP contribution >= 0.6 is 11.3 Å². The maximum absolute atomic E-state index is 11.1. The Morgan fingerprint density at radius 1 is 0.868 bits per heavy atom. The smallest absolute Gasteiger partial charge is 0.328 e. The van der Waals surface area contributed by atoms with Gasteiger partial charge in [0, 0.05) is 15.8 Å². The van der Waals surface area contributed by atoms with Crippen molar-refractivity contribution >= 4 is 39.5 Å². The molecule has 38 heavy (non-hydrogen) atoms. The molecule has 0 bridgehead atoms. The lowest BCUT2D eigenvalue weighted by atomic mass is 10.1. The molecule has 0 saturated carbocycles. The topological polar surface area (TPSA) is 65.0 Å². The van der Waals surface area contributed by atoms with Crippen LogP contribution in [-0.4, -0.2) is 27.7 Å². The van der Waals surface area contributed by atoms with Gasteiger partial charge in [0.2, 0.25) is 0 Å². The van der Waals surface area contributed by atoms with E-state index in [1.807, 2.05) is 25.1 Å². The van der Waals surface area contributed by atoms with Crippen molar-refractivity contribution in [1.82, 2.24) is 0 Å². The van der Waals surface area contributed by atoms with Gasteiger partial charge in [-0.3, -0.25) is 0 Å². The molecule has 0 aliphatic rings. The fraction of sp³-hybridized carbons (Fsp3) is 0.567. The predicted octanol–water partition coefficient (Wildman–Crippen LogP) is 9.25. The molecule has 8 heteroatoms. The first-order chi connectivity index (χ1) is 17.4. The van der Waals surface area contributed by atoms with Gasteiger partial charge in [-0.15, -0.1) is 11.3 Å². The molecule has 212 valence electrons. The minimum absolute atomic E-state index is 0.127. The SMILES string of the molecule is CCC(=CC(=O)O)c1ccc(COc2ccc(CO[Si](C)(C)C(C)(C)C)c(CO[Si](C)(C)C(C)(C)C)c2)s1. The van der Waals surface area contributed by atoms with E-state index in [2.05, 4.69) is 79.9 Å². The number of hydrogen-bond acceptors (Lipinski definition) is 5. The number of thiophene rings is 1. The van der Waals surface area contributed by atoms with E-state index in [0.29, 0.717) is 26.2 Å². The normalized spacial score (nSPS) is 13.6. The van der Waals surface area contributed by atoms with Crippen molar-refractivity contribution in [2.75, 3.05) is 0 Å². The van der Waals surface area contributed by atoms with Crippen LogP contribution in [0.4, 0.5) is 0 Å². The van der Waals surface area contributed by atoms with Crippen molar-refractivity contribution < 1.29 is 23.5 Å². The van der Waals surface area contributed by atoms with Gasteiger partial charge in [-0.05, 0) is 83.7 Å². The summed E-state index contributed by atoms with van der Waals surface area (Å²) in [5.41, 5.74) is 3.08. The highest BCUT2D eigenvalue weighted by atomic mass is 32.1. The van der Waals surface area contributed by atoms with Crippen LogP contribution in [0.2, 0.25) is 36.3 Å². The Morgan fingerprint density at radius 2 is 1.42 bits per heavy atom. The molecular formula is C30H48O5SSi2. The summed E-state index contributed by atoms with van der Waals surface area (Å²) in [7, 11) is -3.83. The standard InChI is InChI=1S/C30H48O5SSi2/c1-12-22(18-28(31)32)27-16-15-26(36-27)21-33-25-14-13-23(19-34-37(8,9)29(2,3)4)24(17-25)20-35-38(10,11)30(5,6)7/h13-18H,12,19-21H2,1-11H3,(H,31,32). The van der Waals surface area contributed by atoms with Crippen LogP contribution in [0.15, 0.2) is 36.4 Å². The summed E-state index contributed by atoms with van der Waals surface area (Å²) in [6.07, 6.45) is 1.96. The number of carboxylic acids is 1. The summed E-state index contributed by atoms with van der Waals surface area (Å²) < 4.78 is 19.4. The molecule has 0 saturated heterocycles. The van der Waals surface area contributed by atoms with Gasteiger partial charge in [0.25, 0.3) is 0 Å². The van der Waals surface area contributed by atoms with Gasteiger partial charge in [-0.2, -0.15) is 0 Å². The van der Waals surface area contributed by atoms with Crippen molar-refractivity contribution in [3.63, 3.8) is 0 Å². The zero-order valence-electron chi connectivity index (χ0n) is 25.3. The van der Waals surface area contributed by atoms with E-state index in [1.165, 1.54) is 6.08 Å². The van der Waals surface area contributed by atoms with Crippen LogP contribution in [0.3, 0.4) is 0 Å². The van der Waals surface area contributed by atoms with E-state index in [9.17, 15) is 4.79 Å². The molecule has 0 aliphatic carbocycles. The second-order valence-electron chi connectivity index (χ2n) is 12.9. The molecular weight excluding hydrogens is 529 g/mol. The van der Waals surface area contributed by atoms with E-state index in [1.54, 1.807) is 11.3 Å². The zero-order chi connectivity index (χ0) is 28.9. The van der Waals surface area contributed by atoms with E-state index < -0.39 is 22.6 Å². The number of ether oxygens (including phenoxy) is 1. The average molecular weight is 577 g/mol. The fourth-order valence-electron chi connectivity index (χ4n) is 3.20. The van der Waals surface area contributed by atoms with Crippen molar-refractivity contribution in [3.8, 4) is 5.75 Å². The molecule has 2 rings (SSSR count). The van der Waals surface area contributed by atoms with Gasteiger partial charge in [-0.1, -0.05) is 54.5 Å². The second-order valence-corrected chi connectivity index (χ2v) is 23.7.